The summed E-state index contributed by atoms with van der Waals surface area (Å²) < 4.78 is 27.2. The van der Waals surface area contributed by atoms with Gasteiger partial charge in [-0.05, 0) is 60.4 Å². The van der Waals surface area contributed by atoms with E-state index in [2.05, 4.69) is 18.3 Å². The number of methoxy groups -OCH3 is 1. The Hall–Kier alpha value is -2.94. The predicted molar refractivity (Wildman–Crippen MR) is 156 cm³/mol. The van der Waals surface area contributed by atoms with Gasteiger partial charge in [-0.2, -0.15) is 0 Å². The highest BCUT2D eigenvalue weighted by Gasteiger charge is 2.46. The summed E-state index contributed by atoms with van der Waals surface area (Å²) in [5.74, 6) is 0.602. The maximum atomic E-state index is 13.0. The number of carbonyl (C=O) groups excluding carboxylic acids is 2. The number of alkyl carbamates (subject to hydrolysis) is 1. The average Bonchev–Trinajstić information content (AvgIpc) is 2.97. The van der Waals surface area contributed by atoms with Gasteiger partial charge < -0.3 is 29.0 Å². The Kier molecular flexibility index (Phi) is 12.0. The molecular formula is C33H45NO7. The van der Waals surface area contributed by atoms with Gasteiger partial charge in [0, 0.05) is 31.6 Å². The molecule has 224 valence electrons. The van der Waals surface area contributed by atoms with Gasteiger partial charge in [0.1, 0.15) is 12.4 Å². The molecule has 0 spiro atoms. The summed E-state index contributed by atoms with van der Waals surface area (Å²) in [6.45, 7) is 5.05. The first-order valence-corrected chi connectivity index (χ1v) is 15.0. The van der Waals surface area contributed by atoms with E-state index in [1.807, 2.05) is 42.5 Å². The molecule has 8 heteroatoms. The van der Waals surface area contributed by atoms with Crippen LogP contribution in [0.15, 0.2) is 48.5 Å². The lowest BCUT2D eigenvalue weighted by Crippen LogP contribution is -2.57. The van der Waals surface area contributed by atoms with E-state index in [9.17, 15) is 9.59 Å². The summed E-state index contributed by atoms with van der Waals surface area (Å²) in [5.41, 5.74) is 3.11. The van der Waals surface area contributed by atoms with Crippen LogP contribution in [0.5, 0.6) is 5.75 Å². The Labute approximate surface area is 244 Å². The minimum Gasteiger partial charge on any atom is -0.445 e. The van der Waals surface area contributed by atoms with E-state index in [1.165, 1.54) is 12.0 Å². The second kappa shape index (κ2) is 15.9. The van der Waals surface area contributed by atoms with Crippen molar-refractivity contribution in [2.24, 2.45) is 5.92 Å². The van der Waals surface area contributed by atoms with Crippen LogP contribution in [0, 0.1) is 5.92 Å². The molecule has 2 bridgehead atoms. The standard InChI is InChI=1S/C33H45NO7/c1-33-16-8-4-7-12-27(31(33)34-32(36)40-24-25-10-5-3-6-11-25)22-26-14-15-28(23-29(26)33)41-30(35)13-9-17-38-20-21-39-19-18-37-2/h3,5-6,10-11,14-15,23,27,31H,4,7-9,12-13,16-22,24H2,1-2H3,(H,34,36)/t27-,31-,33+/m0/s1. The molecule has 1 amide bonds. The molecular weight excluding hydrogens is 522 g/mol. The van der Waals surface area contributed by atoms with Crippen LogP contribution < -0.4 is 10.1 Å². The number of carbonyl (C=O) groups is 2. The summed E-state index contributed by atoms with van der Waals surface area (Å²) >= 11 is 0. The van der Waals surface area contributed by atoms with Gasteiger partial charge in [-0.25, -0.2) is 4.79 Å². The van der Waals surface area contributed by atoms with Crippen molar-refractivity contribution in [2.45, 2.75) is 76.4 Å². The molecule has 4 rings (SSSR count). The van der Waals surface area contributed by atoms with Crippen molar-refractivity contribution in [3.05, 3.63) is 65.2 Å². The van der Waals surface area contributed by atoms with E-state index in [0.29, 0.717) is 51.1 Å². The molecule has 2 aliphatic carbocycles. The Balaban J connectivity index is 1.35. The fourth-order valence-corrected chi connectivity index (χ4v) is 6.19. The molecule has 0 aromatic heterocycles. The lowest BCUT2D eigenvalue weighted by molar-refractivity contribution is -0.134. The third kappa shape index (κ3) is 9.02. The zero-order chi connectivity index (χ0) is 28.9. The van der Waals surface area contributed by atoms with E-state index in [4.69, 9.17) is 23.7 Å². The highest BCUT2D eigenvalue weighted by atomic mass is 16.6. The van der Waals surface area contributed by atoms with E-state index in [-0.39, 0.29) is 36.5 Å². The van der Waals surface area contributed by atoms with Gasteiger partial charge in [-0.3, -0.25) is 4.79 Å². The van der Waals surface area contributed by atoms with Crippen molar-refractivity contribution in [3.8, 4) is 5.75 Å². The number of hydrogen-bond acceptors (Lipinski definition) is 7. The molecule has 2 aliphatic rings. The zero-order valence-electron chi connectivity index (χ0n) is 24.5. The zero-order valence-corrected chi connectivity index (χ0v) is 24.5. The number of esters is 1. The van der Waals surface area contributed by atoms with Gasteiger partial charge in [0.25, 0.3) is 0 Å². The van der Waals surface area contributed by atoms with Gasteiger partial charge in [-0.1, -0.05) is 62.6 Å². The molecule has 41 heavy (non-hydrogen) atoms. The largest absolute Gasteiger partial charge is 0.445 e. The van der Waals surface area contributed by atoms with Crippen molar-refractivity contribution in [3.63, 3.8) is 0 Å². The molecule has 3 atom stereocenters. The highest BCUT2D eigenvalue weighted by Crippen LogP contribution is 2.47. The Bertz CT molecular complexity index is 1110. The molecule has 2 aromatic rings. The second-order valence-electron chi connectivity index (χ2n) is 11.3. The summed E-state index contributed by atoms with van der Waals surface area (Å²) in [7, 11) is 1.64. The quantitative estimate of drug-likeness (QED) is 0.177. The van der Waals surface area contributed by atoms with Gasteiger partial charge in [0.2, 0.25) is 0 Å². The second-order valence-corrected chi connectivity index (χ2v) is 11.3. The molecule has 1 N–H and O–H groups in total. The Morgan fingerprint density at radius 3 is 2.54 bits per heavy atom. The fraction of sp³-hybridized carbons (Fsp3) is 0.576. The van der Waals surface area contributed by atoms with Crippen LogP contribution in [0.2, 0.25) is 0 Å². The summed E-state index contributed by atoms with van der Waals surface area (Å²) in [4.78, 5) is 25.6. The number of amides is 1. The molecule has 0 saturated heterocycles. The number of ether oxygens (including phenoxy) is 5. The number of hydrogen-bond donors (Lipinski definition) is 1. The van der Waals surface area contributed by atoms with Crippen molar-refractivity contribution >= 4 is 12.1 Å². The van der Waals surface area contributed by atoms with Gasteiger partial charge in [0.05, 0.1) is 26.4 Å². The molecule has 0 radical (unpaired) electrons. The van der Waals surface area contributed by atoms with Gasteiger partial charge >= 0.3 is 12.1 Å². The minimum absolute atomic E-state index is 0.0554. The molecule has 1 saturated carbocycles. The monoisotopic (exact) mass is 567 g/mol. The van der Waals surface area contributed by atoms with E-state index in [0.717, 1.165) is 43.2 Å². The van der Waals surface area contributed by atoms with Crippen LogP contribution >= 0.6 is 0 Å². The lowest BCUT2D eigenvalue weighted by atomic mass is 9.59. The molecule has 1 fully saturated rings. The van der Waals surface area contributed by atoms with Crippen LogP contribution in [0.4, 0.5) is 4.79 Å². The van der Waals surface area contributed by atoms with Gasteiger partial charge in [0.15, 0.2) is 0 Å². The Morgan fingerprint density at radius 1 is 0.951 bits per heavy atom. The molecule has 0 heterocycles. The lowest BCUT2D eigenvalue weighted by Gasteiger charge is -2.49. The van der Waals surface area contributed by atoms with Crippen molar-refractivity contribution in [2.75, 3.05) is 40.1 Å². The maximum Gasteiger partial charge on any atom is 0.407 e. The summed E-state index contributed by atoms with van der Waals surface area (Å²) in [6, 6.07) is 15.7. The number of nitrogens with one attached hydrogen (secondary N) is 1. The SMILES string of the molecule is COCCOCCOCCCC(=O)Oc1ccc2c(c1)[C@@]1(C)CCCCC[C@@H](C2)[C@@H]1NC(=O)OCc1ccccc1. The van der Waals surface area contributed by atoms with Crippen LogP contribution in [0.1, 0.15) is 68.6 Å². The van der Waals surface area contributed by atoms with Crippen molar-refractivity contribution < 1.29 is 33.3 Å². The fourth-order valence-electron chi connectivity index (χ4n) is 6.19. The third-order valence-corrected chi connectivity index (χ3v) is 8.30. The van der Waals surface area contributed by atoms with E-state index < -0.39 is 0 Å². The molecule has 0 aliphatic heterocycles. The van der Waals surface area contributed by atoms with E-state index in [1.54, 1.807) is 7.11 Å². The number of rotatable bonds is 14. The minimum atomic E-state index is -0.384. The Morgan fingerprint density at radius 2 is 1.73 bits per heavy atom. The first-order chi connectivity index (χ1) is 20.0. The first kappa shape index (κ1) is 31.0. The number of benzene rings is 2. The smallest absolute Gasteiger partial charge is 0.407 e. The van der Waals surface area contributed by atoms with Crippen LogP contribution in [0.3, 0.4) is 0 Å². The van der Waals surface area contributed by atoms with Crippen LogP contribution in [-0.2, 0) is 42.2 Å². The van der Waals surface area contributed by atoms with E-state index >= 15 is 0 Å². The summed E-state index contributed by atoms with van der Waals surface area (Å²) in [6.07, 6.45) is 6.80. The molecule has 0 unspecified atom stereocenters. The molecule has 2 aromatic carbocycles. The third-order valence-electron chi connectivity index (χ3n) is 8.30. The number of fused-ring (bicyclic) bond motifs is 4. The van der Waals surface area contributed by atoms with Crippen molar-refractivity contribution in [1.82, 2.24) is 5.32 Å². The normalized spacial score (nSPS) is 21.7. The average molecular weight is 568 g/mol. The van der Waals surface area contributed by atoms with Crippen molar-refractivity contribution in [1.29, 1.82) is 0 Å². The summed E-state index contributed by atoms with van der Waals surface area (Å²) in [5, 5.41) is 3.26. The van der Waals surface area contributed by atoms with Gasteiger partial charge in [-0.15, -0.1) is 0 Å². The highest BCUT2D eigenvalue weighted by molar-refractivity contribution is 5.72. The predicted octanol–water partition coefficient (Wildman–Crippen LogP) is 5.74. The molecule has 8 nitrogen and oxygen atoms in total. The van der Waals surface area contributed by atoms with Crippen LogP contribution in [-0.4, -0.2) is 58.2 Å². The first-order valence-electron chi connectivity index (χ1n) is 15.0. The maximum absolute atomic E-state index is 13.0. The topological polar surface area (TPSA) is 92.3 Å². The van der Waals surface area contributed by atoms with Crippen LogP contribution in [0.25, 0.3) is 0 Å².